The lowest BCUT2D eigenvalue weighted by Crippen LogP contribution is -2.18. The van der Waals surface area contributed by atoms with Crippen LogP contribution in [0.2, 0.25) is 0 Å². The van der Waals surface area contributed by atoms with Gasteiger partial charge >= 0.3 is 0 Å². The van der Waals surface area contributed by atoms with Gasteiger partial charge in [0, 0.05) is 11.8 Å². The van der Waals surface area contributed by atoms with E-state index in [0.29, 0.717) is 23.8 Å². The molecule has 0 aliphatic rings. The van der Waals surface area contributed by atoms with Gasteiger partial charge in [0.2, 0.25) is 0 Å². The molecule has 1 heterocycles. The molecular formula is C20H18N2O5. The number of methoxy groups -OCH3 is 1. The average Bonchev–Trinajstić information content (AvgIpc) is 3.18. The van der Waals surface area contributed by atoms with E-state index in [1.165, 1.54) is 13.4 Å². The molecule has 0 aliphatic heterocycles. The molecule has 27 heavy (non-hydrogen) atoms. The van der Waals surface area contributed by atoms with Crippen LogP contribution in [0.1, 0.15) is 26.3 Å². The summed E-state index contributed by atoms with van der Waals surface area (Å²) in [6, 6.07) is 14.7. The number of furan rings is 1. The maximum atomic E-state index is 12.3. The molecule has 138 valence electrons. The van der Waals surface area contributed by atoms with Crippen LogP contribution in [0.3, 0.4) is 0 Å². The summed E-state index contributed by atoms with van der Waals surface area (Å²) < 4.78 is 16.0. The predicted molar refractivity (Wildman–Crippen MR) is 98.9 cm³/mol. The van der Waals surface area contributed by atoms with Crippen LogP contribution in [0, 0.1) is 0 Å². The molecule has 3 aromatic rings. The molecule has 3 N–H and O–H groups in total. The summed E-state index contributed by atoms with van der Waals surface area (Å²) in [4.78, 5) is 23.7. The molecule has 2 amide bonds. The number of benzene rings is 2. The SMILES string of the molecule is COc1cc(NC(=O)c2cocc2C(N)=O)ccc1OCc1ccccc1. The Morgan fingerprint density at radius 2 is 1.78 bits per heavy atom. The molecule has 0 saturated heterocycles. The molecule has 0 bridgehead atoms. The van der Waals surface area contributed by atoms with E-state index in [4.69, 9.17) is 19.6 Å². The van der Waals surface area contributed by atoms with Crippen LogP contribution in [-0.4, -0.2) is 18.9 Å². The lowest BCUT2D eigenvalue weighted by atomic mass is 10.1. The number of ether oxygens (including phenoxy) is 2. The number of rotatable bonds is 7. The summed E-state index contributed by atoms with van der Waals surface area (Å²) in [6.07, 6.45) is 2.31. The number of hydrogen-bond donors (Lipinski definition) is 2. The minimum atomic E-state index is -0.740. The van der Waals surface area contributed by atoms with Crippen molar-refractivity contribution >= 4 is 17.5 Å². The van der Waals surface area contributed by atoms with E-state index < -0.39 is 11.8 Å². The number of hydrogen-bond acceptors (Lipinski definition) is 5. The van der Waals surface area contributed by atoms with Crippen LogP contribution >= 0.6 is 0 Å². The van der Waals surface area contributed by atoms with Gasteiger partial charge in [0.25, 0.3) is 11.8 Å². The zero-order valence-corrected chi connectivity index (χ0v) is 14.6. The van der Waals surface area contributed by atoms with Gasteiger partial charge in [-0.25, -0.2) is 0 Å². The molecule has 0 saturated carbocycles. The lowest BCUT2D eigenvalue weighted by Gasteiger charge is -2.13. The Balaban J connectivity index is 1.72. The normalized spacial score (nSPS) is 10.3. The van der Waals surface area contributed by atoms with E-state index in [-0.39, 0.29) is 11.1 Å². The van der Waals surface area contributed by atoms with Gasteiger partial charge in [0.1, 0.15) is 19.1 Å². The summed E-state index contributed by atoms with van der Waals surface area (Å²) in [5, 5.41) is 2.67. The van der Waals surface area contributed by atoms with Gasteiger partial charge in [-0.2, -0.15) is 0 Å². The molecular weight excluding hydrogens is 348 g/mol. The Labute approximate surface area is 155 Å². The number of nitrogens with one attached hydrogen (secondary N) is 1. The first-order valence-electron chi connectivity index (χ1n) is 8.10. The van der Waals surface area contributed by atoms with Crippen molar-refractivity contribution in [2.75, 3.05) is 12.4 Å². The molecule has 0 unspecified atom stereocenters. The highest BCUT2D eigenvalue weighted by atomic mass is 16.5. The molecule has 0 atom stereocenters. The first kappa shape index (κ1) is 18.1. The van der Waals surface area contributed by atoms with Gasteiger partial charge in [-0.15, -0.1) is 0 Å². The molecule has 1 aromatic heterocycles. The van der Waals surface area contributed by atoms with Crippen molar-refractivity contribution in [1.29, 1.82) is 0 Å². The van der Waals surface area contributed by atoms with Crippen molar-refractivity contribution in [3.8, 4) is 11.5 Å². The van der Waals surface area contributed by atoms with Gasteiger partial charge in [0.05, 0.1) is 18.2 Å². The van der Waals surface area contributed by atoms with E-state index in [2.05, 4.69) is 5.32 Å². The average molecular weight is 366 g/mol. The highest BCUT2D eigenvalue weighted by Crippen LogP contribution is 2.31. The van der Waals surface area contributed by atoms with Crippen LogP contribution in [0.4, 0.5) is 5.69 Å². The Morgan fingerprint density at radius 1 is 1.04 bits per heavy atom. The number of carbonyl (C=O) groups is 2. The summed E-state index contributed by atoms with van der Waals surface area (Å²) in [5.74, 6) is -0.250. The second kappa shape index (κ2) is 8.09. The zero-order chi connectivity index (χ0) is 19.2. The maximum Gasteiger partial charge on any atom is 0.259 e. The standard InChI is InChI=1S/C20H18N2O5/c1-25-18-9-14(22-20(24)16-12-26-11-15(16)19(21)23)7-8-17(18)27-10-13-5-3-2-4-6-13/h2-9,11-12H,10H2,1H3,(H2,21,23)(H,22,24). The molecule has 2 aromatic carbocycles. The zero-order valence-electron chi connectivity index (χ0n) is 14.6. The predicted octanol–water partition coefficient (Wildman–Crippen LogP) is 3.22. The van der Waals surface area contributed by atoms with E-state index in [1.807, 2.05) is 30.3 Å². The number of amides is 2. The minimum Gasteiger partial charge on any atom is -0.493 e. The van der Waals surface area contributed by atoms with Crippen molar-refractivity contribution in [2.24, 2.45) is 5.73 Å². The van der Waals surface area contributed by atoms with Crippen molar-refractivity contribution in [3.63, 3.8) is 0 Å². The third-order valence-corrected chi connectivity index (χ3v) is 3.83. The monoisotopic (exact) mass is 366 g/mol. The molecule has 0 spiro atoms. The number of primary amides is 1. The van der Waals surface area contributed by atoms with E-state index in [9.17, 15) is 9.59 Å². The Bertz CT molecular complexity index is 950. The summed E-state index contributed by atoms with van der Waals surface area (Å²) >= 11 is 0. The molecule has 3 rings (SSSR count). The summed E-state index contributed by atoms with van der Waals surface area (Å²) in [7, 11) is 1.51. The van der Waals surface area contributed by atoms with Crippen molar-refractivity contribution in [1.82, 2.24) is 0 Å². The minimum absolute atomic E-state index is 0.0160. The van der Waals surface area contributed by atoms with E-state index in [0.717, 1.165) is 11.8 Å². The van der Waals surface area contributed by atoms with Crippen LogP contribution in [-0.2, 0) is 6.61 Å². The summed E-state index contributed by atoms with van der Waals surface area (Å²) in [6.45, 7) is 0.389. The Hall–Kier alpha value is -3.74. The number of carbonyl (C=O) groups excluding carboxylic acids is 2. The van der Waals surface area contributed by atoms with Gasteiger partial charge in [-0.3, -0.25) is 9.59 Å². The van der Waals surface area contributed by atoms with E-state index >= 15 is 0 Å². The number of anilines is 1. The van der Waals surface area contributed by atoms with Crippen molar-refractivity contribution in [3.05, 3.63) is 77.7 Å². The van der Waals surface area contributed by atoms with Crippen LogP contribution in [0.5, 0.6) is 11.5 Å². The fourth-order valence-electron chi connectivity index (χ4n) is 2.46. The molecule has 0 aliphatic carbocycles. The summed E-state index contributed by atoms with van der Waals surface area (Å²) in [5.41, 5.74) is 6.80. The van der Waals surface area contributed by atoms with Crippen molar-refractivity contribution < 1.29 is 23.5 Å². The first-order chi connectivity index (χ1) is 13.1. The fourth-order valence-corrected chi connectivity index (χ4v) is 2.46. The second-order valence-electron chi connectivity index (χ2n) is 5.66. The Kier molecular flexibility index (Phi) is 5.41. The molecule has 0 radical (unpaired) electrons. The quantitative estimate of drug-likeness (QED) is 0.668. The molecule has 7 heteroatoms. The highest BCUT2D eigenvalue weighted by molar-refractivity contribution is 6.11. The second-order valence-corrected chi connectivity index (χ2v) is 5.66. The molecule has 0 fully saturated rings. The maximum absolute atomic E-state index is 12.3. The highest BCUT2D eigenvalue weighted by Gasteiger charge is 2.18. The largest absolute Gasteiger partial charge is 0.493 e. The third-order valence-electron chi connectivity index (χ3n) is 3.83. The van der Waals surface area contributed by atoms with Crippen LogP contribution in [0.15, 0.2) is 65.5 Å². The van der Waals surface area contributed by atoms with Crippen LogP contribution in [0.25, 0.3) is 0 Å². The smallest absolute Gasteiger partial charge is 0.259 e. The topological polar surface area (TPSA) is 104 Å². The van der Waals surface area contributed by atoms with Gasteiger partial charge in [-0.05, 0) is 17.7 Å². The van der Waals surface area contributed by atoms with Gasteiger partial charge < -0.3 is 24.9 Å². The van der Waals surface area contributed by atoms with Crippen LogP contribution < -0.4 is 20.5 Å². The third kappa shape index (κ3) is 4.27. The van der Waals surface area contributed by atoms with E-state index in [1.54, 1.807) is 18.2 Å². The van der Waals surface area contributed by atoms with Crippen molar-refractivity contribution in [2.45, 2.75) is 6.61 Å². The molecule has 7 nitrogen and oxygen atoms in total. The first-order valence-corrected chi connectivity index (χ1v) is 8.10. The fraction of sp³-hybridized carbons (Fsp3) is 0.100. The van der Waals surface area contributed by atoms with Gasteiger partial charge in [-0.1, -0.05) is 30.3 Å². The Morgan fingerprint density at radius 3 is 2.48 bits per heavy atom. The van der Waals surface area contributed by atoms with Gasteiger partial charge in [0.15, 0.2) is 11.5 Å². The lowest BCUT2D eigenvalue weighted by molar-refractivity contribution is 0.0978. The number of nitrogens with two attached hydrogens (primary N) is 1.